The largest absolute Gasteiger partial charge is 0.341 e. The minimum Gasteiger partial charge on any atom is -0.341 e. The van der Waals surface area contributed by atoms with Crippen molar-refractivity contribution >= 4 is 16.7 Å². The molecule has 0 bridgehead atoms. The van der Waals surface area contributed by atoms with E-state index in [0.717, 1.165) is 23.5 Å². The van der Waals surface area contributed by atoms with Crippen LogP contribution in [0.2, 0.25) is 0 Å². The van der Waals surface area contributed by atoms with Gasteiger partial charge in [-0.2, -0.15) is 0 Å². The van der Waals surface area contributed by atoms with Crippen molar-refractivity contribution in [2.24, 2.45) is 11.8 Å². The highest BCUT2D eigenvalue weighted by atomic mass is 32.2. The first-order chi connectivity index (χ1) is 11.0. The van der Waals surface area contributed by atoms with Crippen molar-refractivity contribution in [3.63, 3.8) is 0 Å². The monoisotopic (exact) mass is 336 g/mol. The van der Waals surface area contributed by atoms with Crippen molar-refractivity contribution in [1.29, 1.82) is 0 Å². The molecule has 1 aromatic carbocycles. The normalized spacial score (nSPS) is 18.4. The maximum absolute atomic E-state index is 12.4. The summed E-state index contributed by atoms with van der Waals surface area (Å²) in [4.78, 5) is 15.1. The van der Waals surface area contributed by atoms with E-state index in [-0.39, 0.29) is 5.91 Å². The number of benzene rings is 1. The molecular formula is C18H28N2O2S. The van der Waals surface area contributed by atoms with Crippen LogP contribution >= 0.6 is 0 Å². The maximum Gasteiger partial charge on any atom is 0.222 e. The predicted molar refractivity (Wildman–Crippen MR) is 94.6 cm³/mol. The highest BCUT2D eigenvalue weighted by Gasteiger charge is 2.23. The van der Waals surface area contributed by atoms with Crippen LogP contribution in [-0.4, -0.2) is 41.4 Å². The smallest absolute Gasteiger partial charge is 0.222 e. The van der Waals surface area contributed by atoms with Crippen molar-refractivity contribution in [2.75, 3.05) is 26.4 Å². The van der Waals surface area contributed by atoms with Crippen molar-refractivity contribution in [3.8, 4) is 0 Å². The van der Waals surface area contributed by atoms with E-state index in [4.69, 9.17) is 0 Å². The molecule has 4 nitrogen and oxygen atoms in total. The fourth-order valence-corrected chi connectivity index (χ4v) is 3.68. The zero-order chi connectivity index (χ0) is 16.8. The van der Waals surface area contributed by atoms with E-state index in [1.54, 1.807) is 11.2 Å². The second kappa shape index (κ2) is 8.60. The van der Waals surface area contributed by atoms with E-state index in [0.29, 0.717) is 24.8 Å². The topological polar surface area (TPSA) is 49.4 Å². The molecule has 2 rings (SSSR count). The predicted octanol–water partition coefficient (Wildman–Crippen LogP) is 2.41. The zero-order valence-corrected chi connectivity index (χ0v) is 15.2. The quantitative estimate of drug-likeness (QED) is 0.868. The number of carbonyl (C=O) groups is 1. The number of piperidine rings is 1. The van der Waals surface area contributed by atoms with Crippen molar-refractivity contribution in [3.05, 3.63) is 29.8 Å². The van der Waals surface area contributed by atoms with Crippen molar-refractivity contribution in [1.82, 2.24) is 10.2 Å². The van der Waals surface area contributed by atoms with E-state index >= 15 is 0 Å². The van der Waals surface area contributed by atoms with Gasteiger partial charge in [-0.1, -0.05) is 19.1 Å². The summed E-state index contributed by atoms with van der Waals surface area (Å²) in [5.74, 6) is 1.31. The Labute approximate surface area is 142 Å². The van der Waals surface area contributed by atoms with Crippen molar-refractivity contribution < 1.29 is 9.00 Å². The second-order valence-electron chi connectivity index (χ2n) is 6.62. The van der Waals surface area contributed by atoms with Gasteiger partial charge in [0.2, 0.25) is 5.91 Å². The third kappa shape index (κ3) is 5.43. The molecule has 128 valence electrons. The number of carbonyl (C=O) groups excluding carboxylic acids is 1. The van der Waals surface area contributed by atoms with Crippen LogP contribution in [0.3, 0.4) is 0 Å². The van der Waals surface area contributed by atoms with Gasteiger partial charge in [-0.25, -0.2) is 0 Å². The first-order valence-corrected chi connectivity index (χ1v) is 9.90. The van der Waals surface area contributed by atoms with Gasteiger partial charge >= 0.3 is 0 Å². The van der Waals surface area contributed by atoms with Crippen LogP contribution in [0.4, 0.5) is 0 Å². The molecular weight excluding hydrogens is 308 g/mol. The lowest BCUT2D eigenvalue weighted by atomic mass is 9.84. The fourth-order valence-electron chi connectivity index (χ4n) is 3.16. The molecule has 1 aliphatic heterocycles. The summed E-state index contributed by atoms with van der Waals surface area (Å²) in [7, 11) is 0.909. The first kappa shape index (κ1) is 18.1. The highest BCUT2D eigenvalue weighted by Crippen LogP contribution is 2.25. The molecule has 0 radical (unpaired) electrons. The Morgan fingerprint density at radius 3 is 2.48 bits per heavy atom. The average Bonchev–Trinajstić information content (AvgIpc) is 2.56. The standard InChI is InChI=1S/C18H28N2O2S/c1-14(16-8-10-19-11-9-16)12-18(21)20(2)13-15-4-6-17(7-5-15)23(3)22/h4-7,14,16,19H,8-13H2,1-3H3. The molecule has 1 heterocycles. The molecule has 1 aromatic rings. The van der Waals surface area contributed by atoms with Gasteiger partial charge in [0, 0.05) is 42.0 Å². The van der Waals surface area contributed by atoms with Gasteiger partial charge in [0.05, 0.1) is 0 Å². The number of hydrogen-bond donors (Lipinski definition) is 1. The number of nitrogens with zero attached hydrogens (tertiary/aromatic N) is 1. The number of amides is 1. The summed E-state index contributed by atoms with van der Waals surface area (Å²) in [6.07, 6.45) is 4.65. The number of nitrogens with one attached hydrogen (secondary N) is 1. The lowest BCUT2D eigenvalue weighted by Crippen LogP contribution is -2.34. The van der Waals surface area contributed by atoms with Gasteiger partial charge in [-0.15, -0.1) is 0 Å². The maximum atomic E-state index is 12.4. The van der Waals surface area contributed by atoms with E-state index < -0.39 is 10.8 Å². The van der Waals surface area contributed by atoms with Crippen LogP contribution in [-0.2, 0) is 22.1 Å². The van der Waals surface area contributed by atoms with Gasteiger partial charge in [-0.05, 0) is 55.5 Å². The number of rotatable bonds is 6. The van der Waals surface area contributed by atoms with E-state index in [9.17, 15) is 9.00 Å². The van der Waals surface area contributed by atoms with Gasteiger partial charge < -0.3 is 10.2 Å². The summed E-state index contributed by atoms with van der Waals surface area (Å²) in [5, 5.41) is 3.37. The SMILES string of the molecule is CC(CC(=O)N(C)Cc1ccc(S(C)=O)cc1)C1CCNCC1. The fraction of sp³-hybridized carbons (Fsp3) is 0.611. The Hall–Kier alpha value is -1.20. The Bertz CT molecular complexity index is 538. The van der Waals surface area contributed by atoms with E-state index in [2.05, 4.69) is 12.2 Å². The number of hydrogen-bond acceptors (Lipinski definition) is 3. The second-order valence-corrected chi connectivity index (χ2v) is 8.00. The molecule has 1 fully saturated rings. The summed E-state index contributed by atoms with van der Waals surface area (Å²) >= 11 is 0. The Balaban J connectivity index is 1.85. The Morgan fingerprint density at radius 1 is 1.30 bits per heavy atom. The third-order valence-electron chi connectivity index (χ3n) is 4.79. The van der Waals surface area contributed by atoms with Crippen LogP contribution < -0.4 is 5.32 Å². The minimum absolute atomic E-state index is 0.208. The Morgan fingerprint density at radius 2 is 1.91 bits per heavy atom. The molecule has 1 N–H and O–H groups in total. The van der Waals surface area contributed by atoms with Gasteiger partial charge in [0.25, 0.3) is 0 Å². The summed E-state index contributed by atoms with van der Waals surface area (Å²) in [6.45, 7) is 4.95. The molecule has 1 saturated heterocycles. The molecule has 0 saturated carbocycles. The lowest BCUT2D eigenvalue weighted by Gasteiger charge is -2.29. The molecule has 0 spiro atoms. The molecule has 2 unspecified atom stereocenters. The lowest BCUT2D eigenvalue weighted by molar-refractivity contribution is -0.131. The van der Waals surface area contributed by atoms with Gasteiger partial charge in [0.15, 0.2) is 0 Å². The summed E-state index contributed by atoms with van der Waals surface area (Å²) in [5.41, 5.74) is 1.07. The van der Waals surface area contributed by atoms with Crippen LogP contribution in [0.25, 0.3) is 0 Å². The molecule has 23 heavy (non-hydrogen) atoms. The molecule has 5 heteroatoms. The first-order valence-electron chi connectivity index (χ1n) is 8.34. The summed E-state index contributed by atoms with van der Waals surface area (Å²) in [6, 6.07) is 7.66. The Kier molecular flexibility index (Phi) is 6.78. The van der Waals surface area contributed by atoms with Crippen LogP contribution in [0.1, 0.15) is 31.7 Å². The van der Waals surface area contributed by atoms with E-state index in [1.807, 2.05) is 31.3 Å². The van der Waals surface area contributed by atoms with Crippen LogP contribution in [0, 0.1) is 11.8 Å². The average molecular weight is 337 g/mol. The molecule has 2 atom stereocenters. The third-order valence-corrected chi connectivity index (χ3v) is 5.72. The molecule has 1 aliphatic rings. The molecule has 1 amide bonds. The van der Waals surface area contributed by atoms with Crippen molar-refractivity contribution in [2.45, 2.75) is 37.6 Å². The molecule has 0 aromatic heterocycles. The zero-order valence-electron chi connectivity index (χ0n) is 14.4. The van der Waals surface area contributed by atoms with Crippen LogP contribution in [0.15, 0.2) is 29.2 Å². The van der Waals surface area contributed by atoms with Gasteiger partial charge in [0.1, 0.15) is 0 Å². The highest BCUT2D eigenvalue weighted by molar-refractivity contribution is 7.84. The van der Waals surface area contributed by atoms with Gasteiger partial charge in [-0.3, -0.25) is 9.00 Å². The molecule has 0 aliphatic carbocycles. The van der Waals surface area contributed by atoms with Crippen LogP contribution in [0.5, 0.6) is 0 Å². The minimum atomic E-state index is -0.955. The van der Waals surface area contributed by atoms with E-state index in [1.165, 1.54) is 12.8 Å². The summed E-state index contributed by atoms with van der Waals surface area (Å²) < 4.78 is 11.4.